The van der Waals surface area contributed by atoms with Gasteiger partial charge in [-0.2, -0.15) is 0 Å². The summed E-state index contributed by atoms with van der Waals surface area (Å²) in [6.07, 6.45) is 1.73. The molecule has 0 aromatic rings. The molecule has 0 unspecified atom stereocenters. The van der Waals surface area contributed by atoms with Gasteiger partial charge < -0.3 is 15.2 Å². The van der Waals surface area contributed by atoms with Crippen LogP contribution in [0.5, 0.6) is 0 Å². The number of rotatable bonds is 7. The van der Waals surface area contributed by atoms with Gasteiger partial charge in [-0.05, 0) is 24.7 Å². The van der Waals surface area contributed by atoms with Crippen LogP contribution >= 0.6 is 0 Å². The van der Waals surface area contributed by atoms with Gasteiger partial charge in [0.05, 0.1) is 0 Å². The van der Waals surface area contributed by atoms with Crippen molar-refractivity contribution in [3.8, 4) is 0 Å². The molecule has 17 heavy (non-hydrogen) atoms. The van der Waals surface area contributed by atoms with E-state index in [4.69, 9.17) is 9.84 Å². The number of aliphatic carboxylic acids is 1. The van der Waals surface area contributed by atoms with Crippen LogP contribution in [0.2, 0.25) is 0 Å². The largest absolute Gasteiger partial charge is 0.480 e. The van der Waals surface area contributed by atoms with Crippen molar-refractivity contribution in [2.24, 2.45) is 10.8 Å². The number of carbonyl (C=O) groups excluding carboxylic acids is 1. The molecule has 0 spiro atoms. The second kappa shape index (κ2) is 5.04. The molecule has 0 atom stereocenters. The first-order valence-electron chi connectivity index (χ1n) is 5.85. The lowest BCUT2D eigenvalue weighted by atomic mass is 9.89. The van der Waals surface area contributed by atoms with Crippen LogP contribution in [0.4, 0.5) is 0 Å². The van der Waals surface area contributed by atoms with Crippen molar-refractivity contribution >= 4 is 11.9 Å². The zero-order valence-electron chi connectivity index (χ0n) is 10.7. The van der Waals surface area contributed by atoms with Crippen LogP contribution in [0, 0.1) is 10.8 Å². The van der Waals surface area contributed by atoms with Gasteiger partial charge in [-0.1, -0.05) is 13.8 Å². The predicted molar refractivity (Wildman–Crippen MR) is 62.6 cm³/mol. The Hall–Kier alpha value is -1.10. The highest BCUT2D eigenvalue weighted by Gasteiger charge is 2.57. The molecule has 0 heterocycles. The van der Waals surface area contributed by atoms with E-state index in [0.717, 1.165) is 6.42 Å². The lowest BCUT2D eigenvalue weighted by Gasteiger charge is -2.25. The van der Waals surface area contributed by atoms with Crippen LogP contribution in [0.15, 0.2) is 0 Å². The molecule has 0 radical (unpaired) electrons. The number of hydrogen-bond donors (Lipinski definition) is 2. The van der Waals surface area contributed by atoms with E-state index in [9.17, 15) is 9.59 Å². The Balaban J connectivity index is 2.40. The fourth-order valence-corrected chi connectivity index (χ4v) is 1.62. The van der Waals surface area contributed by atoms with E-state index in [1.165, 1.54) is 0 Å². The summed E-state index contributed by atoms with van der Waals surface area (Å²) in [5, 5.41) is 11.7. The highest BCUT2D eigenvalue weighted by atomic mass is 16.5. The first-order valence-corrected chi connectivity index (χ1v) is 5.85. The molecule has 0 saturated heterocycles. The van der Waals surface area contributed by atoms with Crippen molar-refractivity contribution in [3.63, 3.8) is 0 Å². The smallest absolute Gasteiger partial charge is 0.319 e. The number of carboxylic acid groups (broad SMARTS) is 1. The molecule has 1 aliphatic rings. The van der Waals surface area contributed by atoms with E-state index in [2.05, 4.69) is 5.32 Å². The zero-order chi connectivity index (χ0) is 13.1. The first kappa shape index (κ1) is 14.0. The Bertz CT molecular complexity index is 308. The number of ether oxygens (including phenoxy) is 1. The van der Waals surface area contributed by atoms with Crippen LogP contribution in [0.25, 0.3) is 0 Å². The maximum atomic E-state index is 11.8. The summed E-state index contributed by atoms with van der Waals surface area (Å²) < 4.78 is 5.00. The lowest BCUT2D eigenvalue weighted by Crippen LogP contribution is -2.41. The van der Waals surface area contributed by atoms with E-state index >= 15 is 0 Å². The standard InChI is InChI=1S/C12H21NO4/c1-11(2,6-7-17-3)8-13-9(14)12(4-5-12)10(15)16/h4-8H2,1-3H3,(H,13,14)(H,15,16). The minimum absolute atomic E-state index is 0.0831. The van der Waals surface area contributed by atoms with Crippen molar-refractivity contribution in [2.45, 2.75) is 33.1 Å². The topological polar surface area (TPSA) is 75.6 Å². The molecule has 98 valence electrons. The van der Waals surface area contributed by atoms with Crippen LogP contribution in [-0.4, -0.2) is 37.2 Å². The summed E-state index contributed by atoms with van der Waals surface area (Å²) >= 11 is 0. The van der Waals surface area contributed by atoms with Crippen LogP contribution < -0.4 is 5.32 Å². The fourth-order valence-electron chi connectivity index (χ4n) is 1.62. The maximum absolute atomic E-state index is 11.8. The summed E-state index contributed by atoms with van der Waals surface area (Å²) in [7, 11) is 1.64. The Morgan fingerprint density at radius 3 is 2.41 bits per heavy atom. The third kappa shape index (κ3) is 3.43. The van der Waals surface area contributed by atoms with Gasteiger partial charge in [0.1, 0.15) is 5.41 Å². The Morgan fingerprint density at radius 2 is 2.00 bits per heavy atom. The number of amides is 1. The van der Waals surface area contributed by atoms with Gasteiger partial charge in [-0.25, -0.2) is 0 Å². The van der Waals surface area contributed by atoms with E-state index in [1.54, 1.807) is 7.11 Å². The van der Waals surface area contributed by atoms with Crippen molar-refractivity contribution in [1.82, 2.24) is 5.32 Å². The molecule has 1 fully saturated rings. The van der Waals surface area contributed by atoms with Gasteiger partial charge in [-0.3, -0.25) is 9.59 Å². The molecule has 0 bridgehead atoms. The molecule has 1 aliphatic carbocycles. The minimum atomic E-state index is -1.14. The molecule has 5 heteroatoms. The van der Waals surface area contributed by atoms with Crippen molar-refractivity contribution in [3.05, 3.63) is 0 Å². The molecule has 1 rings (SSSR count). The molecule has 2 N–H and O–H groups in total. The van der Waals surface area contributed by atoms with Gasteiger partial charge in [0, 0.05) is 20.3 Å². The van der Waals surface area contributed by atoms with E-state index in [1.807, 2.05) is 13.8 Å². The van der Waals surface area contributed by atoms with Gasteiger partial charge in [0.25, 0.3) is 0 Å². The quantitative estimate of drug-likeness (QED) is 0.655. The van der Waals surface area contributed by atoms with Crippen LogP contribution in [-0.2, 0) is 14.3 Å². The average Bonchev–Trinajstić information content (AvgIpc) is 3.04. The van der Waals surface area contributed by atoms with Gasteiger partial charge in [-0.15, -0.1) is 0 Å². The second-order valence-electron chi connectivity index (χ2n) is 5.48. The van der Waals surface area contributed by atoms with Crippen molar-refractivity contribution in [1.29, 1.82) is 0 Å². The van der Waals surface area contributed by atoms with E-state index in [-0.39, 0.29) is 11.3 Å². The first-order chi connectivity index (χ1) is 7.84. The SMILES string of the molecule is COCCC(C)(C)CNC(=O)C1(C(=O)O)CC1. The lowest BCUT2D eigenvalue weighted by molar-refractivity contribution is -0.149. The molecular weight excluding hydrogens is 222 g/mol. The van der Waals surface area contributed by atoms with Crippen LogP contribution in [0.1, 0.15) is 33.1 Å². The third-order valence-electron chi connectivity index (χ3n) is 3.30. The third-order valence-corrected chi connectivity index (χ3v) is 3.30. The average molecular weight is 243 g/mol. The molecule has 0 aromatic heterocycles. The van der Waals surface area contributed by atoms with Gasteiger partial charge >= 0.3 is 5.97 Å². The second-order valence-corrected chi connectivity index (χ2v) is 5.48. The molecule has 1 saturated carbocycles. The number of nitrogens with one attached hydrogen (secondary N) is 1. The van der Waals surface area contributed by atoms with Gasteiger partial charge in [0.15, 0.2) is 0 Å². The van der Waals surface area contributed by atoms with Gasteiger partial charge in [0.2, 0.25) is 5.91 Å². The van der Waals surface area contributed by atoms with Crippen molar-refractivity contribution in [2.75, 3.05) is 20.3 Å². The summed E-state index contributed by atoms with van der Waals surface area (Å²) in [5.41, 5.74) is -1.22. The van der Waals surface area contributed by atoms with E-state index < -0.39 is 11.4 Å². The Morgan fingerprint density at radius 1 is 1.41 bits per heavy atom. The Kier molecular flexibility index (Phi) is 4.14. The predicted octanol–water partition coefficient (Wildman–Crippen LogP) is 1.03. The number of carbonyl (C=O) groups is 2. The maximum Gasteiger partial charge on any atom is 0.319 e. The minimum Gasteiger partial charge on any atom is -0.480 e. The molecule has 5 nitrogen and oxygen atoms in total. The van der Waals surface area contributed by atoms with Crippen LogP contribution in [0.3, 0.4) is 0 Å². The summed E-state index contributed by atoms with van der Waals surface area (Å²) in [6, 6.07) is 0. The van der Waals surface area contributed by atoms with E-state index in [0.29, 0.717) is 26.0 Å². The number of methoxy groups -OCH3 is 1. The Labute approximate surface area is 102 Å². The highest BCUT2D eigenvalue weighted by molar-refractivity contribution is 6.04. The highest BCUT2D eigenvalue weighted by Crippen LogP contribution is 2.46. The van der Waals surface area contributed by atoms with Crippen molar-refractivity contribution < 1.29 is 19.4 Å². The molecule has 0 aromatic carbocycles. The summed E-state index contributed by atoms with van der Waals surface area (Å²) in [6.45, 7) is 5.15. The summed E-state index contributed by atoms with van der Waals surface area (Å²) in [5.74, 6) is -1.36. The normalized spacial score (nSPS) is 17.6. The fraction of sp³-hybridized carbons (Fsp3) is 0.833. The zero-order valence-corrected chi connectivity index (χ0v) is 10.7. The summed E-state index contributed by atoms with van der Waals surface area (Å²) in [4.78, 5) is 22.7. The molecule has 0 aliphatic heterocycles. The molecule has 1 amide bonds. The number of hydrogen-bond acceptors (Lipinski definition) is 3. The monoisotopic (exact) mass is 243 g/mol. The number of carboxylic acids is 1. The molecular formula is C12H21NO4.